The van der Waals surface area contributed by atoms with Gasteiger partial charge < -0.3 is 20.9 Å². The van der Waals surface area contributed by atoms with Crippen LogP contribution in [0.5, 0.6) is 0 Å². The summed E-state index contributed by atoms with van der Waals surface area (Å²) in [6.45, 7) is 2.02. The van der Waals surface area contributed by atoms with E-state index in [4.69, 9.17) is 0 Å². The van der Waals surface area contributed by atoms with E-state index >= 15 is 0 Å². The predicted molar refractivity (Wildman–Crippen MR) is 105 cm³/mol. The maximum Gasteiger partial charge on any atom is 0.257 e. The number of amides is 1. The van der Waals surface area contributed by atoms with Gasteiger partial charge in [-0.1, -0.05) is 18.2 Å². The zero-order valence-electron chi connectivity index (χ0n) is 14.7. The van der Waals surface area contributed by atoms with E-state index in [1.165, 1.54) is 0 Å². The Morgan fingerprint density at radius 3 is 2.52 bits per heavy atom. The number of carbonyl (C=O) groups is 1. The fraction of sp³-hybridized carbons (Fsp3) is 0.250. The molecule has 3 rings (SSSR count). The second-order valence-electron chi connectivity index (χ2n) is 6.36. The van der Waals surface area contributed by atoms with Crippen molar-refractivity contribution in [1.82, 2.24) is 4.90 Å². The summed E-state index contributed by atoms with van der Waals surface area (Å²) in [4.78, 5) is 14.2. The smallest absolute Gasteiger partial charge is 0.257 e. The summed E-state index contributed by atoms with van der Waals surface area (Å²) >= 11 is 0. The maximum absolute atomic E-state index is 12.1. The van der Waals surface area contributed by atoms with Crippen molar-refractivity contribution in [2.75, 3.05) is 43.1 Å². The highest BCUT2D eigenvalue weighted by molar-refractivity contribution is 6.31. The van der Waals surface area contributed by atoms with Crippen LogP contribution in [0.2, 0.25) is 0 Å². The molecule has 1 aliphatic heterocycles. The number of hydrogen-bond donors (Lipinski definition) is 3. The fourth-order valence-electron chi connectivity index (χ4n) is 2.75. The van der Waals surface area contributed by atoms with Gasteiger partial charge in [0.15, 0.2) is 0 Å². The van der Waals surface area contributed by atoms with Crippen molar-refractivity contribution in [3.8, 4) is 0 Å². The summed E-state index contributed by atoms with van der Waals surface area (Å²) in [6, 6.07) is 15.8. The molecule has 0 radical (unpaired) electrons. The molecule has 0 aromatic heterocycles. The maximum atomic E-state index is 12.1. The Kier molecular flexibility index (Phi) is 5.36. The summed E-state index contributed by atoms with van der Waals surface area (Å²) in [5, 5.41) is 9.49. The minimum Gasteiger partial charge on any atom is -0.385 e. The van der Waals surface area contributed by atoms with E-state index in [0.29, 0.717) is 5.57 Å². The molecule has 0 bridgehead atoms. The number of carbonyl (C=O) groups excluding carboxylic acids is 1. The van der Waals surface area contributed by atoms with E-state index in [1.54, 1.807) is 6.20 Å². The topological polar surface area (TPSA) is 56.4 Å². The van der Waals surface area contributed by atoms with Gasteiger partial charge in [-0.05, 0) is 57.4 Å². The van der Waals surface area contributed by atoms with Crippen LogP contribution in [0.1, 0.15) is 12.0 Å². The molecule has 5 heteroatoms. The number of rotatable bonds is 7. The van der Waals surface area contributed by atoms with Gasteiger partial charge in [0, 0.05) is 35.4 Å². The second-order valence-corrected chi connectivity index (χ2v) is 6.36. The zero-order valence-corrected chi connectivity index (χ0v) is 14.7. The molecule has 0 atom stereocenters. The van der Waals surface area contributed by atoms with Crippen LogP contribution in [0.3, 0.4) is 0 Å². The fourth-order valence-corrected chi connectivity index (χ4v) is 2.75. The van der Waals surface area contributed by atoms with Gasteiger partial charge in [-0.15, -0.1) is 0 Å². The molecule has 1 heterocycles. The summed E-state index contributed by atoms with van der Waals surface area (Å²) in [5.74, 6) is -0.0760. The summed E-state index contributed by atoms with van der Waals surface area (Å²) in [5.41, 5.74) is 4.49. The predicted octanol–water partition coefficient (Wildman–Crippen LogP) is 3.46. The van der Waals surface area contributed by atoms with Gasteiger partial charge in [0.2, 0.25) is 0 Å². The lowest BCUT2D eigenvalue weighted by atomic mass is 10.1. The zero-order chi connectivity index (χ0) is 17.6. The standard InChI is InChI=1S/C20H24N4O/c1-24(2)13-5-12-21-15-8-10-16(11-9-15)22-14-18-17-6-3-4-7-19(17)23-20(18)25/h3-4,6-11,14,21-22H,5,12-13H2,1-2H3,(H,23,25)/b18-14-. The highest BCUT2D eigenvalue weighted by atomic mass is 16.2. The molecule has 2 aromatic carbocycles. The van der Waals surface area contributed by atoms with Crippen LogP contribution in [0.15, 0.2) is 54.7 Å². The Bertz CT molecular complexity index is 766. The SMILES string of the molecule is CN(C)CCCNc1ccc(N/C=C2\C(=O)Nc3ccccc32)cc1. The minimum absolute atomic E-state index is 0.0760. The molecule has 5 nitrogen and oxygen atoms in total. The van der Waals surface area contributed by atoms with E-state index in [1.807, 2.05) is 48.5 Å². The molecular formula is C20H24N4O. The Hall–Kier alpha value is -2.79. The molecule has 0 saturated heterocycles. The van der Waals surface area contributed by atoms with Gasteiger partial charge in [-0.3, -0.25) is 4.79 Å². The van der Waals surface area contributed by atoms with Gasteiger partial charge in [0.05, 0.1) is 5.57 Å². The third-order valence-electron chi connectivity index (χ3n) is 4.09. The molecule has 0 fully saturated rings. The van der Waals surface area contributed by atoms with Crippen molar-refractivity contribution in [2.24, 2.45) is 0 Å². The quantitative estimate of drug-likeness (QED) is 0.535. The monoisotopic (exact) mass is 336 g/mol. The second kappa shape index (κ2) is 7.85. The first-order chi connectivity index (χ1) is 12.1. The molecule has 0 spiro atoms. The largest absolute Gasteiger partial charge is 0.385 e. The van der Waals surface area contributed by atoms with Gasteiger partial charge in [-0.2, -0.15) is 0 Å². The Morgan fingerprint density at radius 1 is 1.04 bits per heavy atom. The number of nitrogens with zero attached hydrogens (tertiary/aromatic N) is 1. The van der Waals surface area contributed by atoms with Gasteiger partial charge in [-0.25, -0.2) is 0 Å². The van der Waals surface area contributed by atoms with Crippen LogP contribution in [-0.4, -0.2) is 38.0 Å². The van der Waals surface area contributed by atoms with Crippen LogP contribution >= 0.6 is 0 Å². The first kappa shape index (κ1) is 17.0. The van der Waals surface area contributed by atoms with Crippen molar-refractivity contribution >= 4 is 28.5 Å². The third-order valence-corrected chi connectivity index (χ3v) is 4.09. The molecule has 0 aliphatic carbocycles. The normalized spacial score (nSPS) is 14.5. The molecule has 1 aliphatic rings. The third kappa shape index (κ3) is 4.39. The number of hydrogen-bond acceptors (Lipinski definition) is 4. The lowest BCUT2D eigenvalue weighted by Gasteiger charge is -2.11. The lowest BCUT2D eigenvalue weighted by Crippen LogP contribution is -2.16. The van der Waals surface area contributed by atoms with Crippen molar-refractivity contribution in [1.29, 1.82) is 0 Å². The highest BCUT2D eigenvalue weighted by Crippen LogP contribution is 2.31. The Labute approximate surface area is 148 Å². The number of benzene rings is 2. The van der Waals surface area contributed by atoms with Crippen molar-refractivity contribution in [2.45, 2.75) is 6.42 Å². The number of anilines is 3. The van der Waals surface area contributed by atoms with E-state index in [-0.39, 0.29) is 5.91 Å². The number of nitrogens with one attached hydrogen (secondary N) is 3. The van der Waals surface area contributed by atoms with Gasteiger partial charge in [0.1, 0.15) is 0 Å². The van der Waals surface area contributed by atoms with Gasteiger partial charge in [0.25, 0.3) is 5.91 Å². The van der Waals surface area contributed by atoms with E-state index in [0.717, 1.165) is 42.1 Å². The van der Waals surface area contributed by atoms with Crippen LogP contribution < -0.4 is 16.0 Å². The van der Waals surface area contributed by atoms with E-state index < -0.39 is 0 Å². The van der Waals surface area contributed by atoms with E-state index in [2.05, 4.69) is 34.9 Å². The Balaban J connectivity index is 1.58. The molecule has 3 N–H and O–H groups in total. The first-order valence-electron chi connectivity index (χ1n) is 8.49. The van der Waals surface area contributed by atoms with Crippen LogP contribution in [-0.2, 0) is 4.79 Å². The van der Waals surface area contributed by atoms with Crippen molar-refractivity contribution in [3.05, 3.63) is 60.3 Å². The van der Waals surface area contributed by atoms with Crippen molar-refractivity contribution in [3.63, 3.8) is 0 Å². The van der Waals surface area contributed by atoms with Crippen LogP contribution in [0, 0.1) is 0 Å². The molecule has 2 aromatic rings. The molecule has 0 saturated carbocycles. The summed E-state index contributed by atoms with van der Waals surface area (Å²) in [6.07, 6.45) is 2.87. The molecule has 130 valence electrons. The van der Waals surface area contributed by atoms with E-state index in [9.17, 15) is 4.79 Å². The van der Waals surface area contributed by atoms with Gasteiger partial charge >= 0.3 is 0 Å². The summed E-state index contributed by atoms with van der Waals surface area (Å²) in [7, 11) is 4.16. The van der Waals surface area contributed by atoms with Crippen LogP contribution in [0.25, 0.3) is 5.57 Å². The van der Waals surface area contributed by atoms with Crippen molar-refractivity contribution < 1.29 is 4.79 Å². The molecule has 1 amide bonds. The first-order valence-corrected chi connectivity index (χ1v) is 8.49. The average molecular weight is 336 g/mol. The number of fused-ring (bicyclic) bond motifs is 1. The number of para-hydroxylation sites is 1. The average Bonchev–Trinajstić information content (AvgIpc) is 2.93. The molecule has 0 unspecified atom stereocenters. The molecule has 25 heavy (non-hydrogen) atoms. The summed E-state index contributed by atoms with van der Waals surface area (Å²) < 4.78 is 0. The molecular weight excluding hydrogens is 312 g/mol. The van der Waals surface area contributed by atoms with Crippen LogP contribution in [0.4, 0.5) is 17.1 Å². The minimum atomic E-state index is -0.0760. The highest BCUT2D eigenvalue weighted by Gasteiger charge is 2.23. The Morgan fingerprint density at radius 2 is 1.76 bits per heavy atom. The lowest BCUT2D eigenvalue weighted by molar-refractivity contribution is -0.110.